The van der Waals surface area contributed by atoms with E-state index in [2.05, 4.69) is 48.3 Å². The molecule has 1 rings (SSSR count). The highest BCUT2D eigenvalue weighted by atomic mass is 15.1. The minimum atomic E-state index is 0.632. The van der Waals surface area contributed by atoms with Gasteiger partial charge in [-0.1, -0.05) is 27.7 Å². The first-order valence-corrected chi connectivity index (χ1v) is 6.35. The Balaban J connectivity index is 2.77. The molecular formula is C13H24N4. The van der Waals surface area contributed by atoms with Crippen molar-refractivity contribution in [2.45, 2.75) is 34.1 Å². The molecule has 0 saturated carbocycles. The average Bonchev–Trinajstić information content (AvgIpc) is 2.34. The predicted octanol–water partition coefficient (Wildman–Crippen LogP) is 2.78. The van der Waals surface area contributed by atoms with Crippen LogP contribution in [0.15, 0.2) is 6.33 Å². The van der Waals surface area contributed by atoms with Crippen LogP contribution in [0.5, 0.6) is 0 Å². The van der Waals surface area contributed by atoms with Crippen molar-refractivity contribution < 1.29 is 0 Å². The molecule has 96 valence electrons. The maximum Gasteiger partial charge on any atom is 0.134 e. The Morgan fingerprint density at radius 2 is 1.82 bits per heavy atom. The van der Waals surface area contributed by atoms with E-state index >= 15 is 0 Å². The molecule has 4 nitrogen and oxygen atoms in total. The zero-order chi connectivity index (χ0) is 12.8. The van der Waals surface area contributed by atoms with Crippen LogP contribution in [0.3, 0.4) is 0 Å². The third-order valence-corrected chi connectivity index (χ3v) is 3.27. The van der Waals surface area contributed by atoms with E-state index in [9.17, 15) is 0 Å². The molecule has 0 saturated heterocycles. The summed E-state index contributed by atoms with van der Waals surface area (Å²) in [5.41, 5.74) is 1.16. The lowest BCUT2D eigenvalue weighted by Crippen LogP contribution is -2.18. The van der Waals surface area contributed by atoms with Crippen LogP contribution in [0.25, 0.3) is 0 Å². The summed E-state index contributed by atoms with van der Waals surface area (Å²) in [7, 11) is 1.89. The van der Waals surface area contributed by atoms with Gasteiger partial charge < -0.3 is 10.6 Å². The molecule has 17 heavy (non-hydrogen) atoms. The standard InChI is InChI=1S/C13H24N4/c1-6-11-12(14-5)16-8-17-13(11)15-7-10(4)9(2)3/h8-10H,6-7H2,1-5H3,(H2,14,15,16,17). The molecule has 1 aromatic heterocycles. The van der Waals surface area contributed by atoms with Crippen molar-refractivity contribution in [2.24, 2.45) is 11.8 Å². The van der Waals surface area contributed by atoms with Gasteiger partial charge in [0.2, 0.25) is 0 Å². The van der Waals surface area contributed by atoms with E-state index in [4.69, 9.17) is 0 Å². The van der Waals surface area contributed by atoms with Gasteiger partial charge in [-0.05, 0) is 18.3 Å². The molecule has 0 spiro atoms. The van der Waals surface area contributed by atoms with Crippen LogP contribution in [0, 0.1) is 11.8 Å². The van der Waals surface area contributed by atoms with Crippen LogP contribution < -0.4 is 10.6 Å². The molecule has 0 aromatic carbocycles. The summed E-state index contributed by atoms with van der Waals surface area (Å²) >= 11 is 0. The lowest BCUT2D eigenvalue weighted by molar-refractivity contribution is 0.439. The van der Waals surface area contributed by atoms with Crippen LogP contribution in [0.1, 0.15) is 33.3 Å². The fourth-order valence-corrected chi connectivity index (χ4v) is 1.61. The second-order valence-electron chi connectivity index (χ2n) is 4.76. The minimum absolute atomic E-state index is 0.632. The largest absolute Gasteiger partial charge is 0.373 e. The number of aromatic nitrogens is 2. The third-order valence-electron chi connectivity index (χ3n) is 3.27. The Labute approximate surface area is 104 Å². The van der Waals surface area contributed by atoms with Gasteiger partial charge in [-0.25, -0.2) is 9.97 Å². The van der Waals surface area contributed by atoms with Gasteiger partial charge >= 0.3 is 0 Å². The normalized spacial score (nSPS) is 12.6. The fourth-order valence-electron chi connectivity index (χ4n) is 1.61. The first-order valence-electron chi connectivity index (χ1n) is 6.35. The van der Waals surface area contributed by atoms with Crippen LogP contribution in [0.4, 0.5) is 11.6 Å². The van der Waals surface area contributed by atoms with Crippen molar-refractivity contribution in [3.05, 3.63) is 11.9 Å². The molecule has 1 heterocycles. The Hall–Kier alpha value is -1.32. The van der Waals surface area contributed by atoms with Crippen LogP contribution in [0.2, 0.25) is 0 Å². The summed E-state index contributed by atoms with van der Waals surface area (Å²) in [5, 5.41) is 6.54. The quantitative estimate of drug-likeness (QED) is 0.797. The summed E-state index contributed by atoms with van der Waals surface area (Å²) in [6.07, 6.45) is 2.53. The number of nitrogens with zero attached hydrogens (tertiary/aromatic N) is 2. The predicted molar refractivity (Wildman–Crippen MR) is 73.4 cm³/mol. The number of nitrogens with one attached hydrogen (secondary N) is 2. The van der Waals surface area contributed by atoms with Crippen molar-refractivity contribution in [3.8, 4) is 0 Å². The van der Waals surface area contributed by atoms with Gasteiger partial charge in [0.1, 0.15) is 18.0 Å². The van der Waals surface area contributed by atoms with Gasteiger partial charge in [0.25, 0.3) is 0 Å². The van der Waals surface area contributed by atoms with E-state index in [0.29, 0.717) is 11.8 Å². The molecule has 0 aliphatic rings. The third kappa shape index (κ3) is 3.58. The van der Waals surface area contributed by atoms with Crippen molar-refractivity contribution in [1.29, 1.82) is 0 Å². The molecule has 0 amide bonds. The first-order chi connectivity index (χ1) is 8.10. The van der Waals surface area contributed by atoms with E-state index in [1.165, 1.54) is 0 Å². The molecule has 1 aromatic rings. The Morgan fingerprint density at radius 1 is 1.18 bits per heavy atom. The van der Waals surface area contributed by atoms with Crippen LogP contribution in [-0.2, 0) is 6.42 Å². The van der Waals surface area contributed by atoms with E-state index in [-0.39, 0.29) is 0 Å². The highest BCUT2D eigenvalue weighted by Gasteiger charge is 2.11. The van der Waals surface area contributed by atoms with Crippen molar-refractivity contribution >= 4 is 11.6 Å². The maximum atomic E-state index is 4.33. The van der Waals surface area contributed by atoms with Gasteiger partial charge in [0.15, 0.2) is 0 Å². The van der Waals surface area contributed by atoms with Gasteiger partial charge in [0.05, 0.1) is 0 Å². The molecule has 0 aliphatic heterocycles. The molecule has 1 atom stereocenters. The second kappa shape index (κ2) is 6.42. The molecule has 1 unspecified atom stereocenters. The molecule has 0 fully saturated rings. The minimum Gasteiger partial charge on any atom is -0.373 e. The topological polar surface area (TPSA) is 49.8 Å². The fraction of sp³-hybridized carbons (Fsp3) is 0.692. The summed E-state index contributed by atoms with van der Waals surface area (Å²) in [6, 6.07) is 0. The van der Waals surface area contributed by atoms with E-state index in [1.54, 1.807) is 6.33 Å². The average molecular weight is 236 g/mol. The zero-order valence-corrected chi connectivity index (χ0v) is 11.5. The number of hydrogen-bond donors (Lipinski definition) is 2. The van der Waals surface area contributed by atoms with E-state index < -0.39 is 0 Å². The lowest BCUT2D eigenvalue weighted by Gasteiger charge is -2.18. The molecule has 4 heteroatoms. The number of hydrogen-bond acceptors (Lipinski definition) is 4. The van der Waals surface area contributed by atoms with Crippen LogP contribution >= 0.6 is 0 Å². The summed E-state index contributed by atoms with van der Waals surface area (Å²) in [6.45, 7) is 9.81. The number of anilines is 2. The van der Waals surface area contributed by atoms with Gasteiger partial charge in [-0.2, -0.15) is 0 Å². The van der Waals surface area contributed by atoms with Crippen molar-refractivity contribution in [3.63, 3.8) is 0 Å². The molecule has 2 N–H and O–H groups in total. The maximum absolute atomic E-state index is 4.33. The smallest absolute Gasteiger partial charge is 0.134 e. The molecule has 0 aliphatic carbocycles. The van der Waals surface area contributed by atoms with Gasteiger partial charge in [-0.3, -0.25) is 0 Å². The highest BCUT2D eigenvalue weighted by Crippen LogP contribution is 2.20. The Kier molecular flexibility index (Phi) is 5.19. The first kappa shape index (κ1) is 13.7. The van der Waals surface area contributed by atoms with Gasteiger partial charge in [-0.15, -0.1) is 0 Å². The zero-order valence-electron chi connectivity index (χ0n) is 11.5. The Bertz CT molecular complexity index is 349. The molecule has 0 radical (unpaired) electrons. The van der Waals surface area contributed by atoms with Crippen molar-refractivity contribution in [1.82, 2.24) is 9.97 Å². The van der Waals surface area contributed by atoms with Gasteiger partial charge in [0, 0.05) is 19.2 Å². The summed E-state index contributed by atoms with van der Waals surface area (Å²) in [4.78, 5) is 8.56. The van der Waals surface area contributed by atoms with Crippen LogP contribution in [-0.4, -0.2) is 23.6 Å². The SMILES string of the molecule is CCc1c(NC)ncnc1NCC(C)C(C)C. The monoisotopic (exact) mass is 236 g/mol. The molecular weight excluding hydrogens is 212 g/mol. The lowest BCUT2D eigenvalue weighted by atomic mass is 9.98. The molecule has 0 bridgehead atoms. The summed E-state index contributed by atoms with van der Waals surface area (Å²) < 4.78 is 0. The van der Waals surface area contributed by atoms with E-state index in [1.807, 2.05) is 7.05 Å². The second-order valence-corrected chi connectivity index (χ2v) is 4.76. The number of rotatable bonds is 6. The Morgan fingerprint density at radius 3 is 2.35 bits per heavy atom. The van der Waals surface area contributed by atoms with Crippen molar-refractivity contribution in [2.75, 3.05) is 24.2 Å². The van der Waals surface area contributed by atoms with E-state index in [0.717, 1.165) is 30.2 Å². The highest BCUT2D eigenvalue weighted by molar-refractivity contribution is 5.57. The summed E-state index contributed by atoms with van der Waals surface area (Å²) in [5.74, 6) is 3.19.